The maximum Gasteiger partial charge on any atom is 0.305 e. The van der Waals surface area contributed by atoms with E-state index < -0.39 is 5.97 Å². The van der Waals surface area contributed by atoms with Gasteiger partial charge in [0, 0.05) is 12.6 Å². The molecule has 18 heavy (non-hydrogen) atoms. The summed E-state index contributed by atoms with van der Waals surface area (Å²) in [5.74, 6) is -1.21. The average molecular weight is 270 g/mol. The van der Waals surface area contributed by atoms with Gasteiger partial charge in [0.15, 0.2) is 0 Å². The summed E-state index contributed by atoms with van der Waals surface area (Å²) in [4.78, 5) is 32.0. The summed E-state index contributed by atoms with van der Waals surface area (Å²) in [5, 5.41) is 8.89. The first-order chi connectivity index (χ1) is 8.58. The third kappa shape index (κ3) is 3.16. The first-order valence-electron chi connectivity index (χ1n) is 5.58. The second-order valence-corrected chi connectivity index (χ2v) is 4.49. The second-order valence-electron chi connectivity index (χ2n) is 4.10. The maximum atomic E-state index is 12.1. The Hall–Kier alpha value is -1.69. The summed E-state index contributed by atoms with van der Waals surface area (Å²) in [5.41, 5.74) is 0.191. The molecular weight excluding hydrogens is 258 g/mol. The topological polar surface area (TPSA) is 83.4 Å². The molecule has 0 saturated heterocycles. The number of amides is 1. The molecule has 1 aromatic rings. The molecule has 1 saturated carbocycles. The molecule has 1 aliphatic carbocycles. The van der Waals surface area contributed by atoms with Crippen LogP contribution in [0.25, 0.3) is 0 Å². The van der Waals surface area contributed by atoms with Crippen LogP contribution in [0.4, 0.5) is 0 Å². The number of hydrogen-bond acceptors (Lipinski definition) is 4. The van der Waals surface area contributed by atoms with Crippen LogP contribution in [0.5, 0.6) is 0 Å². The lowest BCUT2D eigenvalue weighted by molar-refractivity contribution is -0.137. The molecular formula is C11H12ClN3O3. The molecule has 1 aliphatic rings. The predicted octanol–water partition coefficient (Wildman–Crippen LogP) is 1.21. The van der Waals surface area contributed by atoms with Crippen molar-refractivity contribution < 1.29 is 14.7 Å². The van der Waals surface area contributed by atoms with Crippen LogP contribution in [-0.2, 0) is 4.79 Å². The van der Waals surface area contributed by atoms with Gasteiger partial charge in [-0.05, 0) is 12.8 Å². The first kappa shape index (κ1) is 12.8. The van der Waals surface area contributed by atoms with E-state index in [0.29, 0.717) is 0 Å². The van der Waals surface area contributed by atoms with E-state index in [0.717, 1.165) is 12.8 Å². The highest BCUT2D eigenvalue weighted by molar-refractivity contribution is 6.29. The van der Waals surface area contributed by atoms with Gasteiger partial charge in [-0.2, -0.15) is 0 Å². The second kappa shape index (κ2) is 5.30. The molecule has 6 nitrogen and oxygen atoms in total. The van der Waals surface area contributed by atoms with E-state index in [-0.39, 0.29) is 35.8 Å². The summed E-state index contributed by atoms with van der Waals surface area (Å²) < 4.78 is 0. The fourth-order valence-electron chi connectivity index (χ4n) is 1.62. The standard InChI is InChI=1S/C11H12ClN3O3/c12-9-6-13-8(5-14-9)11(18)15(7-1-2-7)4-3-10(16)17/h5-7H,1-4H2,(H,16,17). The lowest BCUT2D eigenvalue weighted by Crippen LogP contribution is -2.35. The Morgan fingerprint density at radius 3 is 2.61 bits per heavy atom. The van der Waals surface area contributed by atoms with Gasteiger partial charge >= 0.3 is 5.97 Å². The number of aromatic nitrogens is 2. The number of carboxylic acid groups (broad SMARTS) is 1. The van der Waals surface area contributed by atoms with E-state index in [1.54, 1.807) is 4.90 Å². The fourth-order valence-corrected chi connectivity index (χ4v) is 1.72. The smallest absolute Gasteiger partial charge is 0.305 e. The van der Waals surface area contributed by atoms with Crippen LogP contribution in [0, 0.1) is 0 Å². The lowest BCUT2D eigenvalue weighted by Gasteiger charge is -2.20. The molecule has 1 amide bonds. The normalized spacial score (nSPS) is 14.3. The molecule has 2 rings (SSSR count). The number of carboxylic acids is 1. The molecule has 1 N–H and O–H groups in total. The van der Waals surface area contributed by atoms with E-state index in [4.69, 9.17) is 16.7 Å². The van der Waals surface area contributed by atoms with Crippen molar-refractivity contribution in [1.29, 1.82) is 0 Å². The van der Waals surface area contributed by atoms with Gasteiger partial charge < -0.3 is 10.0 Å². The quantitative estimate of drug-likeness (QED) is 0.869. The summed E-state index contributed by atoms with van der Waals surface area (Å²) in [7, 11) is 0. The minimum Gasteiger partial charge on any atom is -0.481 e. The molecule has 0 aliphatic heterocycles. The van der Waals surface area contributed by atoms with Crippen LogP contribution < -0.4 is 0 Å². The SMILES string of the molecule is O=C(O)CCN(C(=O)c1cnc(Cl)cn1)C1CC1. The van der Waals surface area contributed by atoms with Crippen molar-refractivity contribution in [1.82, 2.24) is 14.9 Å². The molecule has 96 valence electrons. The van der Waals surface area contributed by atoms with Gasteiger partial charge in [-0.3, -0.25) is 9.59 Å². The Kier molecular flexibility index (Phi) is 3.76. The minimum absolute atomic E-state index is 0.0662. The average Bonchev–Trinajstić information content (AvgIpc) is 3.14. The van der Waals surface area contributed by atoms with Crippen molar-refractivity contribution in [3.05, 3.63) is 23.2 Å². The molecule has 7 heteroatoms. The van der Waals surface area contributed by atoms with Crippen molar-refractivity contribution in [2.45, 2.75) is 25.3 Å². The van der Waals surface area contributed by atoms with Gasteiger partial charge in [0.2, 0.25) is 0 Å². The molecule has 0 spiro atoms. The van der Waals surface area contributed by atoms with Gasteiger partial charge in [-0.25, -0.2) is 9.97 Å². The van der Waals surface area contributed by atoms with E-state index in [1.165, 1.54) is 12.4 Å². The van der Waals surface area contributed by atoms with Crippen LogP contribution in [0.1, 0.15) is 29.8 Å². The molecule has 0 radical (unpaired) electrons. The zero-order valence-electron chi connectivity index (χ0n) is 9.54. The number of hydrogen-bond donors (Lipinski definition) is 1. The summed E-state index contributed by atoms with van der Waals surface area (Å²) in [6, 6.07) is 0.134. The monoisotopic (exact) mass is 269 g/mol. The highest BCUT2D eigenvalue weighted by atomic mass is 35.5. The third-order valence-corrected chi connectivity index (χ3v) is 2.85. The molecule has 1 fully saturated rings. The zero-order chi connectivity index (χ0) is 13.1. The number of rotatable bonds is 5. The maximum absolute atomic E-state index is 12.1. The Morgan fingerprint density at radius 2 is 2.11 bits per heavy atom. The minimum atomic E-state index is -0.921. The Bertz CT molecular complexity index is 459. The van der Waals surface area contributed by atoms with Gasteiger partial charge in [0.25, 0.3) is 5.91 Å². The largest absolute Gasteiger partial charge is 0.481 e. The zero-order valence-corrected chi connectivity index (χ0v) is 10.3. The fraction of sp³-hybridized carbons (Fsp3) is 0.455. The Morgan fingerprint density at radius 1 is 1.39 bits per heavy atom. The highest BCUT2D eigenvalue weighted by Crippen LogP contribution is 2.28. The molecule has 0 unspecified atom stereocenters. The molecule has 0 atom stereocenters. The number of carbonyl (C=O) groups is 2. The number of carbonyl (C=O) groups excluding carboxylic acids is 1. The van der Waals surface area contributed by atoms with E-state index in [9.17, 15) is 9.59 Å². The Balaban J connectivity index is 2.07. The number of nitrogens with zero attached hydrogens (tertiary/aromatic N) is 3. The predicted molar refractivity (Wildman–Crippen MR) is 63.4 cm³/mol. The van der Waals surface area contributed by atoms with Gasteiger partial charge in [0.1, 0.15) is 10.8 Å². The molecule has 1 aromatic heterocycles. The van der Waals surface area contributed by atoms with Crippen LogP contribution in [0.3, 0.4) is 0 Å². The van der Waals surface area contributed by atoms with E-state index >= 15 is 0 Å². The number of aliphatic carboxylic acids is 1. The van der Waals surface area contributed by atoms with Crippen LogP contribution in [0.2, 0.25) is 5.15 Å². The third-order valence-electron chi connectivity index (χ3n) is 2.65. The van der Waals surface area contributed by atoms with Crippen LogP contribution in [-0.4, -0.2) is 44.4 Å². The van der Waals surface area contributed by atoms with Crippen molar-refractivity contribution in [3.63, 3.8) is 0 Å². The van der Waals surface area contributed by atoms with Crippen molar-refractivity contribution in [2.24, 2.45) is 0 Å². The summed E-state index contributed by atoms with van der Waals surface area (Å²) >= 11 is 5.60. The van der Waals surface area contributed by atoms with Crippen molar-refractivity contribution in [2.75, 3.05) is 6.54 Å². The molecule has 0 aromatic carbocycles. The van der Waals surface area contributed by atoms with Crippen LogP contribution in [0.15, 0.2) is 12.4 Å². The van der Waals surface area contributed by atoms with Gasteiger partial charge in [0.05, 0.1) is 18.8 Å². The van der Waals surface area contributed by atoms with Crippen molar-refractivity contribution >= 4 is 23.5 Å². The van der Waals surface area contributed by atoms with Gasteiger partial charge in [-0.1, -0.05) is 11.6 Å². The summed E-state index contributed by atoms with van der Waals surface area (Å²) in [6.45, 7) is 0.198. The molecule has 0 bridgehead atoms. The Labute approximate surface area is 109 Å². The lowest BCUT2D eigenvalue weighted by atomic mass is 10.3. The van der Waals surface area contributed by atoms with E-state index in [2.05, 4.69) is 9.97 Å². The summed E-state index contributed by atoms with van der Waals surface area (Å²) in [6.07, 6.45) is 4.36. The van der Waals surface area contributed by atoms with Gasteiger partial charge in [-0.15, -0.1) is 0 Å². The van der Waals surface area contributed by atoms with Crippen LogP contribution >= 0.6 is 11.6 Å². The van der Waals surface area contributed by atoms with Crippen molar-refractivity contribution in [3.8, 4) is 0 Å². The first-order valence-corrected chi connectivity index (χ1v) is 5.96. The number of halogens is 1. The van der Waals surface area contributed by atoms with E-state index in [1.807, 2.05) is 0 Å². The molecule has 1 heterocycles. The highest BCUT2D eigenvalue weighted by Gasteiger charge is 2.33.